The molecule has 0 bridgehead atoms. The second-order valence-corrected chi connectivity index (χ2v) is 7.46. The molecule has 0 saturated heterocycles. The first-order valence-electron chi connectivity index (χ1n) is 9.99. The molecule has 0 atom stereocenters. The predicted octanol–water partition coefficient (Wildman–Crippen LogP) is 5.15. The van der Waals surface area contributed by atoms with Crippen molar-refractivity contribution in [1.82, 2.24) is 19.5 Å². The van der Waals surface area contributed by atoms with Crippen LogP contribution in [0.2, 0.25) is 0 Å². The Bertz CT molecular complexity index is 1110. The van der Waals surface area contributed by atoms with Crippen molar-refractivity contribution >= 4 is 28.7 Å². The summed E-state index contributed by atoms with van der Waals surface area (Å²) in [5, 5.41) is 0.842. The van der Waals surface area contributed by atoms with E-state index >= 15 is 0 Å². The molecular formula is C23H27N5OS. The number of rotatable bonds is 6. The highest BCUT2D eigenvalue weighted by Gasteiger charge is 2.17. The van der Waals surface area contributed by atoms with Crippen LogP contribution in [0.1, 0.15) is 25.0 Å². The Balaban J connectivity index is 0.00000124. The van der Waals surface area contributed by atoms with Crippen LogP contribution in [0, 0.1) is 6.92 Å². The monoisotopic (exact) mass is 421 g/mol. The Morgan fingerprint density at radius 2 is 1.83 bits per heavy atom. The third-order valence-electron chi connectivity index (χ3n) is 4.59. The van der Waals surface area contributed by atoms with Crippen LogP contribution in [0.15, 0.2) is 64.9 Å². The van der Waals surface area contributed by atoms with E-state index in [-0.39, 0.29) is 0 Å². The average molecular weight is 422 g/mol. The van der Waals surface area contributed by atoms with Crippen LogP contribution in [0.4, 0.5) is 5.82 Å². The fraction of sp³-hybridized carbons (Fsp3) is 0.261. The normalized spacial score (nSPS) is 10.5. The highest BCUT2D eigenvalue weighted by molar-refractivity contribution is 7.99. The number of nitrogens with zero attached hydrogens (tertiary/aromatic N) is 4. The summed E-state index contributed by atoms with van der Waals surface area (Å²) in [5.41, 5.74) is 9.87. The number of nitrogens with two attached hydrogens (primary N) is 1. The van der Waals surface area contributed by atoms with Crippen LogP contribution >= 0.6 is 11.8 Å². The molecule has 30 heavy (non-hydrogen) atoms. The van der Waals surface area contributed by atoms with Gasteiger partial charge >= 0.3 is 0 Å². The first-order chi connectivity index (χ1) is 14.7. The van der Waals surface area contributed by atoms with E-state index in [1.165, 1.54) is 11.9 Å². The maximum atomic E-state index is 6.06. The van der Waals surface area contributed by atoms with Gasteiger partial charge in [0, 0.05) is 11.4 Å². The van der Waals surface area contributed by atoms with Crippen molar-refractivity contribution in [2.24, 2.45) is 0 Å². The Kier molecular flexibility index (Phi) is 7.30. The molecule has 0 aliphatic heterocycles. The van der Waals surface area contributed by atoms with Gasteiger partial charge in [-0.2, -0.15) is 0 Å². The number of fused-ring (bicyclic) bond motifs is 1. The van der Waals surface area contributed by atoms with E-state index < -0.39 is 0 Å². The molecular weight excluding hydrogens is 394 g/mol. The maximum Gasteiger partial charge on any atom is 0.175 e. The number of ether oxygens (including phenoxy) is 1. The van der Waals surface area contributed by atoms with Gasteiger partial charge in [0.05, 0.1) is 7.11 Å². The van der Waals surface area contributed by atoms with Gasteiger partial charge in [-0.15, -0.1) is 0 Å². The summed E-state index contributed by atoms with van der Waals surface area (Å²) in [6.07, 6.45) is 2.37. The van der Waals surface area contributed by atoms with Crippen LogP contribution in [-0.4, -0.2) is 26.6 Å². The van der Waals surface area contributed by atoms with Gasteiger partial charge in [-0.3, -0.25) is 0 Å². The summed E-state index contributed by atoms with van der Waals surface area (Å²) < 4.78 is 7.49. The molecule has 2 heterocycles. The Morgan fingerprint density at radius 3 is 2.57 bits per heavy atom. The number of benzene rings is 2. The zero-order chi connectivity index (χ0) is 21.5. The first-order valence-corrected chi connectivity index (χ1v) is 10.8. The lowest BCUT2D eigenvalue weighted by Crippen LogP contribution is -2.04. The van der Waals surface area contributed by atoms with E-state index in [1.54, 1.807) is 18.9 Å². The summed E-state index contributed by atoms with van der Waals surface area (Å²) in [7, 11) is 1.67. The van der Waals surface area contributed by atoms with Gasteiger partial charge in [0.25, 0.3) is 0 Å². The number of nitrogen functional groups attached to an aromatic ring is 1. The zero-order valence-corrected chi connectivity index (χ0v) is 18.6. The second-order valence-electron chi connectivity index (χ2n) is 6.45. The van der Waals surface area contributed by atoms with Crippen LogP contribution in [0.5, 0.6) is 5.75 Å². The second kappa shape index (κ2) is 10.1. The number of aryl methyl sites for hydroxylation is 3. The summed E-state index contributed by atoms with van der Waals surface area (Å²) in [5.74, 6) is 1.21. The van der Waals surface area contributed by atoms with Crippen molar-refractivity contribution in [3.05, 3.63) is 66.0 Å². The van der Waals surface area contributed by atoms with Crippen LogP contribution in [-0.2, 0) is 13.0 Å². The van der Waals surface area contributed by atoms with Crippen molar-refractivity contribution in [1.29, 1.82) is 0 Å². The Labute approximate surface area is 181 Å². The highest BCUT2D eigenvalue weighted by Crippen LogP contribution is 2.34. The molecule has 6 nitrogen and oxygen atoms in total. The minimum Gasteiger partial charge on any atom is -0.497 e. The third kappa shape index (κ3) is 4.74. The smallest absolute Gasteiger partial charge is 0.175 e. The van der Waals surface area contributed by atoms with Gasteiger partial charge in [-0.1, -0.05) is 62.0 Å². The lowest BCUT2D eigenvalue weighted by Gasteiger charge is -2.11. The number of hydrogen-bond acceptors (Lipinski definition) is 6. The van der Waals surface area contributed by atoms with Crippen molar-refractivity contribution in [2.45, 2.75) is 43.8 Å². The quantitative estimate of drug-likeness (QED) is 0.464. The molecule has 2 N–H and O–H groups in total. The zero-order valence-electron chi connectivity index (χ0n) is 17.8. The van der Waals surface area contributed by atoms with Gasteiger partial charge in [-0.05, 0) is 36.6 Å². The molecule has 2 aromatic carbocycles. The highest BCUT2D eigenvalue weighted by atomic mass is 32.2. The molecule has 156 valence electrons. The lowest BCUT2D eigenvalue weighted by atomic mass is 10.1. The van der Waals surface area contributed by atoms with Gasteiger partial charge < -0.3 is 15.0 Å². The van der Waals surface area contributed by atoms with E-state index in [4.69, 9.17) is 15.5 Å². The van der Waals surface area contributed by atoms with Crippen molar-refractivity contribution < 1.29 is 4.74 Å². The van der Waals surface area contributed by atoms with Gasteiger partial charge in [0.2, 0.25) is 0 Å². The van der Waals surface area contributed by atoms with Crippen LogP contribution in [0.3, 0.4) is 0 Å². The fourth-order valence-electron chi connectivity index (χ4n) is 3.01. The van der Waals surface area contributed by atoms with E-state index in [0.29, 0.717) is 11.3 Å². The van der Waals surface area contributed by atoms with E-state index in [0.717, 1.165) is 40.0 Å². The first kappa shape index (κ1) is 21.6. The molecule has 4 rings (SSSR count). The molecule has 2 aromatic heterocycles. The topological polar surface area (TPSA) is 78.8 Å². The molecule has 0 aliphatic carbocycles. The summed E-state index contributed by atoms with van der Waals surface area (Å²) in [4.78, 5) is 14.4. The number of methoxy groups -OCH3 is 1. The van der Waals surface area contributed by atoms with Gasteiger partial charge in [0.15, 0.2) is 22.1 Å². The number of imidazole rings is 1. The molecule has 7 heteroatoms. The summed E-state index contributed by atoms with van der Waals surface area (Å²) in [6.45, 7) is 6.83. The summed E-state index contributed by atoms with van der Waals surface area (Å²) >= 11 is 1.59. The van der Waals surface area contributed by atoms with E-state index in [9.17, 15) is 0 Å². The van der Waals surface area contributed by atoms with E-state index in [1.807, 2.05) is 38.1 Å². The molecule has 0 amide bonds. The maximum absolute atomic E-state index is 6.06. The molecule has 0 aliphatic rings. The lowest BCUT2D eigenvalue weighted by molar-refractivity contribution is 0.413. The molecule has 0 saturated carbocycles. The van der Waals surface area contributed by atoms with Crippen molar-refractivity contribution in [3.8, 4) is 5.75 Å². The van der Waals surface area contributed by atoms with E-state index in [2.05, 4.69) is 45.7 Å². The van der Waals surface area contributed by atoms with Crippen LogP contribution < -0.4 is 10.5 Å². The minimum absolute atomic E-state index is 0.396. The summed E-state index contributed by atoms with van der Waals surface area (Å²) in [6, 6.07) is 16.4. The van der Waals surface area contributed by atoms with Crippen molar-refractivity contribution in [3.63, 3.8) is 0 Å². The Hall–Kier alpha value is -3.06. The predicted molar refractivity (Wildman–Crippen MR) is 123 cm³/mol. The SMILES string of the molecule is CC.COc1ccc(C)c(Sc2nc3c(N)ncnc3n2CCc2ccccc2)c1. The fourth-order valence-corrected chi connectivity index (χ4v) is 4.04. The molecule has 0 fully saturated rings. The third-order valence-corrected chi connectivity index (χ3v) is 5.74. The Morgan fingerprint density at radius 1 is 1.07 bits per heavy atom. The number of aromatic nitrogens is 4. The van der Waals surface area contributed by atoms with Gasteiger partial charge in [-0.25, -0.2) is 15.0 Å². The largest absolute Gasteiger partial charge is 0.497 e. The minimum atomic E-state index is 0.396. The molecule has 0 radical (unpaired) electrons. The van der Waals surface area contributed by atoms with Gasteiger partial charge in [0.1, 0.15) is 12.1 Å². The standard InChI is InChI=1S/C21H21N5OS.C2H6/c1-14-8-9-16(27-2)12-17(14)28-21-25-18-19(22)23-13-24-20(18)26(21)11-10-15-6-4-3-5-7-15;1-2/h3-9,12-13H,10-11H2,1-2H3,(H2,22,23,24);1-2H3. The average Bonchev–Trinajstić information content (AvgIpc) is 3.14. The molecule has 4 aromatic rings. The molecule has 0 unspecified atom stereocenters. The van der Waals surface area contributed by atoms with Crippen LogP contribution in [0.25, 0.3) is 11.2 Å². The molecule has 0 spiro atoms. The number of anilines is 1. The van der Waals surface area contributed by atoms with Crippen molar-refractivity contribution in [2.75, 3.05) is 12.8 Å². The number of hydrogen-bond donors (Lipinski definition) is 1.